The number of carbonyl (C=O) groups excluding carboxylic acids is 2. The van der Waals surface area contributed by atoms with Crippen LogP contribution in [-0.4, -0.2) is 29.9 Å². The van der Waals surface area contributed by atoms with Crippen molar-refractivity contribution in [2.75, 3.05) is 23.1 Å². The Morgan fingerprint density at radius 1 is 1.03 bits per heavy atom. The third-order valence-corrected chi connectivity index (χ3v) is 4.19. The van der Waals surface area contributed by atoms with Gasteiger partial charge in [-0.25, -0.2) is 0 Å². The number of carbonyl (C=O) groups is 2. The highest BCUT2D eigenvalue weighted by atomic mass is 16.6. The van der Waals surface area contributed by atoms with Crippen LogP contribution in [0, 0.1) is 16.0 Å². The number of hydrogen-bond donors (Lipinski definition) is 3. The molecule has 0 aromatic heterocycles. The number of rotatable bonds is 9. The second-order valence-corrected chi connectivity index (χ2v) is 7.22. The number of anilines is 3. The van der Waals surface area contributed by atoms with Crippen molar-refractivity contribution in [2.24, 2.45) is 5.92 Å². The highest BCUT2D eigenvalue weighted by Gasteiger charge is 2.18. The summed E-state index contributed by atoms with van der Waals surface area (Å²) in [7, 11) is 1.42. The van der Waals surface area contributed by atoms with Crippen molar-refractivity contribution in [2.45, 2.75) is 33.2 Å². The van der Waals surface area contributed by atoms with Crippen LogP contribution in [0.3, 0.4) is 0 Å². The van der Waals surface area contributed by atoms with Gasteiger partial charge in [-0.05, 0) is 43.2 Å². The smallest absolute Gasteiger partial charge is 0.271 e. The number of non-ortho nitro benzene ring substituents is 1. The van der Waals surface area contributed by atoms with E-state index in [0.717, 1.165) is 0 Å². The predicted molar refractivity (Wildman–Crippen MR) is 116 cm³/mol. The monoisotopic (exact) mass is 414 g/mol. The molecule has 0 saturated carbocycles. The Labute approximate surface area is 175 Å². The fourth-order valence-electron chi connectivity index (χ4n) is 2.70. The quantitative estimate of drug-likeness (QED) is 0.421. The molecule has 1 atom stereocenters. The van der Waals surface area contributed by atoms with Gasteiger partial charge in [0.1, 0.15) is 11.8 Å². The predicted octanol–water partition coefficient (Wildman–Crippen LogP) is 4.03. The van der Waals surface area contributed by atoms with E-state index >= 15 is 0 Å². The zero-order valence-electron chi connectivity index (χ0n) is 17.4. The number of amides is 2. The van der Waals surface area contributed by atoms with Crippen molar-refractivity contribution in [3.8, 4) is 5.75 Å². The number of nitrogens with zero attached hydrogens (tertiary/aromatic N) is 1. The molecule has 2 rings (SSSR count). The van der Waals surface area contributed by atoms with Gasteiger partial charge in [-0.2, -0.15) is 0 Å². The summed E-state index contributed by atoms with van der Waals surface area (Å²) in [5, 5.41) is 19.5. The molecule has 2 amide bonds. The minimum atomic E-state index is -0.629. The maximum absolute atomic E-state index is 12.5. The van der Waals surface area contributed by atoms with E-state index in [1.54, 1.807) is 31.2 Å². The summed E-state index contributed by atoms with van der Waals surface area (Å²) in [6.45, 7) is 5.61. The highest BCUT2D eigenvalue weighted by Crippen LogP contribution is 2.29. The first-order chi connectivity index (χ1) is 14.2. The molecule has 160 valence electrons. The van der Waals surface area contributed by atoms with E-state index in [2.05, 4.69) is 16.0 Å². The van der Waals surface area contributed by atoms with Gasteiger partial charge in [-0.1, -0.05) is 13.8 Å². The van der Waals surface area contributed by atoms with E-state index in [1.807, 2.05) is 13.8 Å². The van der Waals surface area contributed by atoms with Crippen LogP contribution >= 0.6 is 0 Å². The molecule has 0 radical (unpaired) electrons. The Hall–Kier alpha value is -3.62. The van der Waals surface area contributed by atoms with Gasteiger partial charge >= 0.3 is 0 Å². The van der Waals surface area contributed by atoms with E-state index in [-0.39, 0.29) is 29.1 Å². The lowest BCUT2D eigenvalue weighted by atomic mass is 10.1. The average molecular weight is 414 g/mol. The van der Waals surface area contributed by atoms with E-state index in [1.165, 1.54) is 25.3 Å². The first kappa shape index (κ1) is 22.7. The van der Waals surface area contributed by atoms with Crippen LogP contribution in [-0.2, 0) is 9.59 Å². The lowest BCUT2D eigenvalue weighted by Crippen LogP contribution is -2.32. The molecule has 3 N–H and O–H groups in total. The zero-order valence-corrected chi connectivity index (χ0v) is 17.4. The molecule has 0 spiro atoms. The molecule has 0 saturated heterocycles. The summed E-state index contributed by atoms with van der Waals surface area (Å²) in [6, 6.07) is 10.3. The topological polar surface area (TPSA) is 123 Å². The van der Waals surface area contributed by atoms with Crippen molar-refractivity contribution in [1.29, 1.82) is 0 Å². The molecule has 0 fully saturated rings. The van der Waals surface area contributed by atoms with Gasteiger partial charge in [-0.3, -0.25) is 19.7 Å². The van der Waals surface area contributed by atoms with Gasteiger partial charge in [0.15, 0.2) is 0 Å². The van der Waals surface area contributed by atoms with Crippen molar-refractivity contribution >= 4 is 34.6 Å². The zero-order chi connectivity index (χ0) is 22.3. The number of benzene rings is 2. The third kappa shape index (κ3) is 6.47. The van der Waals surface area contributed by atoms with Gasteiger partial charge in [0.2, 0.25) is 11.8 Å². The van der Waals surface area contributed by atoms with E-state index in [0.29, 0.717) is 23.5 Å². The largest absolute Gasteiger partial charge is 0.495 e. The molecular weight excluding hydrogens is 388 g/mol. The fraction of sp³-hybridized carbons (Fsp3) is 0.333. The van der Waals surface area contributed by atoms with Crippen molar-refractivity contribution < 1.29 is 19.2 Å². The van der Waals surface area contributed by atoms with Crippen molar-refractivity contribution in [3.63, 3.8) is 0 Å². The lowest BCUT2D eigenvalue weighted by Gasteiger charge is -2.17. The summed E-state index contributed by atoms with van der Waals surface area (Å²) >= 11 is 0. The molecule has 0 bridgehead atoms. The summed E-state index contributed by atoms with van der Waals surface area (Å²) < 4.78 is 5.16. The summed E-state index contributed by atoms with van der Waals surface area (Å²) in [5.41, 5.74) is 1.42. The summed E-state index contributed by atoms with van der Waals surface area (Å²) in [5.74, 6) is 0.157. The van der Waals surface area contributed by atoms with Crippen molar-refractivity contribution in [3.05, 3.63) is 52.6 Å². The number of ether oxygens (including phenoxy) is 1. The van der Waals surface area contributed by atoms with E-state index < -0.39 is 11.0 Å². The van der Waals surface area contributed by atoms with Gasteiger partial charge in [0.05, 0.1) is 17.7 Å². The minimum absolute atomic E-state index is 0.0515. The van der Waals surface area contributed by atoms with E-state index in [4.69, 9.17) is 4.74 Å². The Bertz CT molecular complexity index is 912. The van der Waals surface area contributed by atoms with Crippen LogP contribution in [0.2, 0.25) is 0 Å². The van der Waals surface area contributed by atoms with Gasteiger partial charge in [-0.15, -0.1) is 0 Å². The van der Waals surface area contributed by atoms with Crippen molar-refractivity contribution in [1.82, 2.24) is 0 Å². The molecule has 2 aromatic carbocycles. The fourth-order valence-corrected chi connectivity index (χ4v) is 2.70. The Morgan fingerprint density at radius 2 is 1.67 bits per heavy atom. The average Bonchev–Trinajstić information content (AvgIpc) is 2.68. The third-order valence-electron chi connectivity index (χ3n) is 4.19. The molecule has 0 heterocycles. The van der Waals surface area contributed by atoms with Crippen LogP contribution < -0.4 is 20.7 Å². The number of nitro groups is 1. The van der Waals surface area contributed by atoms with Crippen LogP contribution in [0.5, 0.6) is 5.75 Å². The van der Waals surface area contributed by atoms with Crippen LogP contribution in [0.25, 0.3) is 0 Å². The first-order valence-electron chi connectivity index (χ1n) is 9.49. The Balaban J connectivity index is 2.00. The Kier molecular flexibility index (Phi) is 7.74. The first-order valence-corrected chi connectivity index (χ1v) is 9.49. The van der Waals surface area contributed by atoms with Gasteiger partial charge in [0, 0.05) is 29.9 Å². The van der Waals surface area contributed by atoms with Crippen LogP contribution in [0.4, 0.5) is 22.7 Å². The molecule has 30 heavy (non-hydrogen) atoms. The summed E-state index contributed by atoms with van der Waals surface area (Å²) in [4.78, 5) is 34.8. The number of nitro benzene ring substituents is 1. The maximum atomic E-state index is 12.5. The van der Waals surface area contributed by atoms with Gasteiger partial charge in [0.25, 0.3) is 5.69 Å². The molecule has 2 aromatic rings. The number of nitrogens with one attached hydrogen (secondary N) is 3. The summed E-state index contributed by atoms with van der Waals surface area (Å²) in [6.07, 6.45) is 0.443. The molecule has 9 heteroatoms. The standard InChI is InChI=1S/C21H26N4O5/c1-13(2)11-20(26)23-16-7-5-15(6-8-16)22-14(3)21(27)24-18-12-17(25(28)29)9-10-19(18)30-4/h5-10,12-14,22H,11H2,1-4H3,(H,23,26)(H,24,27). The molecule has 0 aliphatic heterocycles. The molecule has 0 aliphatic carbocycles. The second-order valence-electron chi connectivity index (χ2n) is 7.22. The molecular formula is C21H26N4O5. The highest BCUT2D eigenvalue weighted by molar-refractivity contribution is 5.97. The maximum Gasteiger partial charge on any atom is 0.271 e. The number of hydrogen-bond acceptors (Lipinski definition) is 6. The number of methoxy groups -OCH3 is 1. The SMILES string of the molecule is COc1ccc([N+](=O)[O-])cc1NC(=O)C(C)Nc1ccc(NC(=O)CC(C)C)cc1. The molecule has 9 nitrogen and oxygen atoms in total. The normalized spacial score (nSPS) is 11.5. The van der Waals surface area contributed by atoms with Gasteiger partial charge < -0.3 is 20.7 Å². The van der Waals surface area contributed by atoms with Crippen LogP contribution in [0.1, 0.15) is 27.2 Å². The molecule has 1 unspecified atom stereocenters. The molecule has 0 aliphatic rings. The second kappa shape index (κ2) is 10.2. The lowest BCUT2D eigenvalue weighted by molar-refractivity contribution is -0.384. The van der Waals surface area contributed by atoms with Crippen LogP contribution in [0.15, 0.2) is 42.5 Å². The minimum Gasteiger partial charge on any atom is -0.495 e. The Morgan fingerprint density at radius 3 is 2.23 bits per heavy atom. The van der Waals surface area contributed by atoms with E-state index in [9.17, 15) is 19.7 Å².